The van der Waals surface area contributed by atoms with Gasteiger partial charge in [0, 0.05) is 0 Å². The van der Waals surface area contributed by atoms with Gasteiger partial charge in [0.15, 0.2) is 0 Å². The van der Waals surface area contributed by atoms with E-state index in [2.05, 4.69) is 0 Å². The van der Waals surface area contributed by atoms with Crippen LogP contribution in [0.1, 0.15) is 0 Å². The van der Waals surface area contributed by atoms with E-state index < -0.39 is 24.2 Å². The molecule has 0 aliphatic carbocycles. The minimum absolute atomic E-state index is 3.25. The molecule has 0 heterocycles. The van der Waals surface area contributed by atoms with Gasteiger partial charge in [-0.15, -0.1) is 0 Å². The number of rotatable bonds is 2. The lowest BCUT2D eigenvalue weighted by molar-refractivity contribution is -0.265. The summed E-state index contributed by atoms with van der Waals surface area (Å²) in [5.41, 5.74) is -5.48. The molecular formula is C4H2F6O2. The van der Waals surface area contributed by atoms with Crippen LogP contribution in [0.3, 0.4) is 0 Å². The molecule has 1 unspecified atom stereocenters. The van der Waals surface area contributed by atoms with Gasteiger partial charge >= 0.3 is 17.8 Å². The summed E-state index contributed by atoms with van der Waals surface area (Å²) < 4.78 is 68.9. The molecule has 0 saturated carbocycles. The lowest BCUT2D eigenvalue weighted by Gasteiger charge is -2.21. The predicted octanol–water partition coefficient (Wildman–Crippen LogP) is 1.61. The molecule has 0 aromatic rings. The van der Waals surface area contributed by atoms with E-state index in [4.69, 9.17) is 5.11 Å². The van der Waals surface area contributed by atoms with Crippen LogP contribution in [0.4, 0.5) is 26.3 Å². The molecular weight excluding hydrogens is 194 g/mol. The number of halogens is 6. The summed E-state index contributed by atoms with van der Waals surface area (Å²) in [6.07, 6.45) is -10.8. The predicted molar refractivity (Wildman–Crippen MR) is 23.5 cm³/mol. The highest BCUT2D eigenvalue weighted by atomic mass is 19.4. The van der Waals surface area contributed by atoms with Gasteiger partial charge in [-0.3, -0.25) is 0 Å². The summed E-state index contributed by atoms with van der Waals surface area (Å²) in [4.78, 5) is 9.53. The van der Waals surface area contributed by atoms with Crippen LogP contribution >= 0.6 is 0 Å². The molecule has 12 heavy (non-hydrogen) atoms. The first kappa shape index (κ1) is 11.0. The van der Waals surface area contributed by atoms with Crippen LogP contribution in [-0.2, 0) is 4.79 Å². The fourth-order valence-corrected chi connectivity index (χ4v) is 0.338. The fraction of sp³-hybridized carbons (Fsp3) is 0.750. The quantitative estimate of drug-likeness (QED) is 0.681. The van der Waals surface area contributed by atoms with E-state index in [9.17, 15) is 31.1 Å². The van der Waals surface area contributed by atoms with Gasteiger partial charge in [0.25, 0.3) is 6.43 Å². The molecule has 0 aromatic heterocycles. The normalized spacial score (nSPS) is 17.6. The summed E-state index contributed by atoms with van der Waals surface area (Å²) in [6.45, 7) is 0. The summed E-state index contributed by atoms with van der Waals surface area (Å²) in [5.74, 6) is -3.25. The average molecular weight is 196 g/mol. The first-order valence-corrected chi connectivity index (χ1v) is 2.41. The minimum Gasteiger partial charge on any atom is -0.478 e. The van der Waals surface area contributed by atoms with Gasteiger partial charge in [-0.05, 0) is 0 Å². The Morgan fingerprint density at radius 1 is 1.17 bits per heavy atom. The van der Waals surface area contributed by atoms with Gasteiger partial charge in [-0.1, -0.05) is 0 Å². The van der Waals surface area contributed by atoms with Crippen LogP contribution < -0.4 is 0 Å². The van der Waals surface area contributed by atoms with Crippen LogP contribution in [0.2, 0.25) is 0 Å². The molecule has 0 radical (unpaired) electrons. The Morgan fingerprint density at radius 2 is 1.50 bits per heavy atom. The molecule has 8 heteroatoms. The lowest BCUT2D eigenvalue weighted by Crippen LogP contribution is -2.53. The second kappa shape index (κ2) is 2.83. The number of hydrogen-bond donors (Lipinski definition) is 1. The number of hydrogen-bond acceptors (Lipinski definition) is 1. The van der Waals surface area contributed by atoms with Crippen LogP contribution in [-0.4, -0.2) is 29.3 Å². The third-order valence-electron chi connectivity index (χ3n) is 1.02. The third-order valence-corrected chi connectivity index (χ3v) is 1.02. The molecule has 72 valence electrons. The Morgan fingerprint density at radius 3 is 1.50 bits per heavy atom. The second-order valence-electron chi connectivity index (χ2n) is 1.82. The van der Waals surface area contributed by atoms with Crippen LogP contribution in [0.25, 0.3) is 0 Å². The van der Waals surface area contributed by atoms with Crippen molar-refractivity contribution < 1.29 is 36.2 Å². The van der Waals surface area contributed by atoms with Gasteiger partial charge < -0.3 is 5.11 Å². The number of aliphatic carboxylic acids is 1. The highest BCUT2D eigenvalue weighted by Gasteiger charge is 2.69. The molecule has 0 rings (SSSR count). The summed E-state index contributed by atoms with van der Waals surface area (Å²) in [7, 11) is 0. The molecule has 1 atom stereocenters. The van der Waals surface area contributed by atoms with E-state index in [1.807, 2.05) is 0 Å². The van der Waals surface area contributed by atoms with E-state index in [0.29, 0.717) is 0 Å². The first-order valence-electron chi connectivity index (χ1n) is 2.41. The molecule has 1 N–H and O–H groups in total. The third kappa shape index (κ3) is 1.46. The zero-order valence-corrected chi connectivity index (χ0v) is 5.20. The van der Waals surface area contributed by atoms with Crippen molar-refractivity contribution in [2.75, 3.05) is 0 Å². The van der Waals surface area contributed by atoms with Crippen molar-refractivity contribution in [3.63, 3.8) is 0 Å². The van der Waals surface area contributed by atoms with E-state index in [1.165, 1.54) is 0 Å². The molecule has 0 fully saturated rings. The van der Waals surface area contributed by atoms with E-state index in [1.54, 1.807) is 0 Å². The zero-order chi connectivity index (χ0) is 10.2. The van der Waals surface area contributed by atoms with E-state index in [-0.39, 0.29) is 0 Å². The molecule has 0 bridgehead atoms. The Hall–Kier alpha value is -0.950. The minimum atomic E-state index is -6.12. The van der Waals surface area contributed by atoms with E-state index >= 15 is 0 Å². The molecule has 0 saturated heterocycles. The number of carbonyl (C=O) groups is 1. The highest BCUT2D eigenvalue weighted by Crippen LogP contribution is 2.38. The maximum absolute atomic E-state index is 12.1. The Balaban J connectivity index is 5.02. The monoisotopic (exact) mass is 196 g/mol. The van der Waals surface area contributed by atoms with Crippen molar-refractivity contribution >= 4 is 5.97 Å². The second-order valence-corrected chi connectivity index (χ2v) is 1.82. The number of carboxylic acid groups (broad SMARTS) is 1. The fourth-order valence-electron chi connectivity index (χ4n) is 0.338. The van der Waals surface area contributed by atoms with Crippen molar-refractivity contribution in [3.05, 3.63) is 0 Å². The summed E-state index contributed by atoms with van der Waals surface area (Å²) in [5, 5.41) is 7.56. The Labute approximate surface area is 61.8 Å². The van der Waals surface area contributed by atoms with Crippen molar-refractivity contribution in [2.45, 2.75) is 18.3 Å². The van der Waals surface area contributed by atoms with Crippen molar-refractivity contribution in [1.29, 1.82) is 0 Å². The summed E-state index contributed by atoms with van der Waals surface area (Å²) in [6, 6.07) is 0. The number of carboxylic acids is 1. The maximum atomic E-state index is 12.1. The number of alkyl halides is 6. The van der Waals surface area contributed by atoms with Gasteiger partial charge in [0.1, 0.15) is 0 Å². The smallest absolute Gasteiger partial charge is 0.439 e. The molecule has 0 aliphatic rings. The van der Waals surface area contributed by atoms with Gasteiger partial charge in [0.2, 0.25) is 0 Å². The molecule has 2 nitrogen and oxygen atoms in total. The van der Waals surface area contributed by atoms with Gasteiger partial charge in [-0.2, -0.15) is 13.2 Å². The highest BCUT2D eigenvalue weighted by molar-refractivity contribution is 5.79. The molecule has 0 spiro atoms. The largest absolute Gasteiger partial charge is 0.478 e. The van der Waals surface area contributed by atoms with Crippen LogP contribution in [0.5, 0.6) is 0 Å². The summed E-state index contributed by atoms with van der Waals surface area (Å²) >= 11 is 0. The molecule has 0 aromatic carbocycles. The molecule has 0 amide bonds. The maximum Gasteiger partial charge on any atom is 0.439 e. The van der Waals surface area contributed by atoms with Gasteiger partial charge in [-0.25, -0.2) is 18.0 Å². The van der Waals surface area contributed by atoms with Crippen LogP contribution in [0.15, 0.2) is 0 Å². The SMILES string of the molecule is O=C(O)C(F)(C(F)F)C(F)(F)F. The lowest BCUT2D eigenvalue weighted by atomic mass is 10.1. The Kier molecular flexibility index (Phi) is 2.61. The van der Waals surface area contributed by atoms with Gasteiger partial charge in [0.05, 0.1) is 0 Å². The Bertz CT molecular complexity index is 186. The zero-order valence-electron chi connectivity index (χ0n) is 5.20. The standard InChI is InChI=1S/C4H2F6O2/c5-1(6)3(7,2(11)12)4(8,9)10/h1H,(H,11,12). The average Bonchev–Trinajstić information content (AvgIpc) is 1.82. The topological polar surface area (TPSA) is 37.3 Å². The molecule has 0 aliphatic heterocycles. The van der Waals surface area contributed by atoms with Crippen molar-refractivity contribution in [1.82, 2.24) is 0 Å². The van der Waals surface area contributed by atoms with Crippen molar-refractivity contribution in [3.8, 4) is 0 Å². The van der Waals surface area contributed by atoms with Crippen molar-refractivity contribution in [2.24, 2.45) is 0 Å². The first-order chi connectivity index (χ1) is 5.14. The van der Waals surface area contributed by atoms with Crippen LogP contribution in [0, 0.1) is 0 Å². The van der Waals surface area contributed by atoms with E-state index in [0.717, 1.165) is 0 Å².